The van der Waals surface area contributed by atoms with E-state index in [2.05, 4.69) is 10.5 Å². The average molecular weight is 467 g/mol. The van der Waals surface area contributed by atoms with Gasteiger partial charge in [0.2, 0.25) is 10.0 Å². The lowest BCUT2D eigenvalue weighted by atomic mass is 10.1. The summed E-state index contributed by atoms with van der Waals surface area (Å²) in [7, 11) is -4.02. The van der Waals surface area contributed by atoms with Crippen LogP contribution < -0.4 is 5.43 Å². The predicted octanol–water partition coefficient (Wildman–Crippen LogP) is 3.07. The van der Waals surface area contributed by atoms with Crippen LogP contribution >= 0.6 is 11.8 Å². The summed E-state index contributed by atoms with van der Waals surface area (Å²) in [5, 5.41) is 15.6. The molecule has 0 radical (unpaired) electrons. The number of thioether (sulfide) groups is 1. The second-order valence-electron chi connectivity index (χ2n) is 6.86. The lowest BCUT2D eigenvalue weighted by Gasteiger charge is -2.26. The Hall–Kier alpha value is -2.54. The molecule has 2 aliphatic heterocycles. The van der Waals surface area contributed by atoms with Gasteiger partial charge < -0.3 is 4.74 Å². The summed E-state index contributed by atoms with van der Waals surface area (Å²) < 4.78 is 46.5. The zero-order valence-electron chi connectivity index (χ0n) is 16.3. The largest absolute Gasteiger partial charge is 0.379 e. The van der Waals surface area contributed by atoms with Gasteiger partial charge in [-0.1, -0.05) is 0 Å². The molecule has 1 saturated heterocycles. The van der Waals surface area contributed by atoms with E-state index < -0.39 is 14.9 Å². The Kier molecular flexibility index (Phi) is 6.23. The Labute approximate surface area is 182 Å². The van der Waals surface area contributed by atoms with Crippen molar-refractivity contribution in [3.05, 3.63) is 57.9 Å². The molecule has 2 aliphatic rings. The first-order valence-corrected chi connectivity index (χ1v) is 11.9. The maximum Gasteiger partial charge on any atom is 0.270 e. The minimum Gasteiger partial charge on any atom is -0.379 e. The number of hydrogen-bond acceptors (Lipinski definition) is 8. The molecule has 1 N–H and O–H groups in total. The standard InChI is InChI=1S/C19H19FN4O5S2/c20-13-1-4-18-15(11-13)16(5-10-30-18)21-22-17-3-2-14(24(25)26)12-19(17)31(27,28)23-6-8-29-9-7-23/h1-4,11-12,22H,5-10H2. The zero-order chi connectivity index (χ0) is 22.0. The number of ether oxygens (including phenoxy) is 1. The molecule has 0 saturated carbocycles. The normalized spacial score (nSPS) is 18.5. The number of rotatable bonds is 5. The SMILES string of the molecule is O=[N+]([O-])c1ccc(NN=C2CCSc3ccc(F)cc32)c(S(=O)(=O)N2CCOCC2)c1. The van der Waals surface area contributed by atoms with Gasteiger partial charge in [-0.15, -0.1) is 11.8 Å². The monoisotopic (exact) mass is 466 g/mol. The van der Waals surface area contributed by atoms with Gasteiger partial charge in [0.05, 0.1) is 29.5 Å². The van der Waals surface area contributed by atoms with Crippen LogP contribution in [0.25, 0.3) is 0 Å². The van der Waals surface area contributed by atoms with Crippen molar-refractivity contribution >= 4 is 38.9 Å². The molecule has 0 aromatic heterocycles. The van der Waals surface area contributed by atoms with E-state index in [1.165, 1.54) is 28.6 Å². The summed E-state index contributed by atoms with van der Waals surface area (Å²) in [4.78, 5) is 11.2. The lowest BCUT2D eigenvalue weighted by Crippen LogP contribution is -2.40. The molecule has 2 heterocycles. The van der Waals surface area contributed by atoms with Crippen molar-refractivity contribution in [3.8, 4) is 0 Å². The Balaban J connectivity index is 1.72. The van der Waals surface area contributed by atoms with Crippen LogP contribution in [0, 0.1) is 15.9 Å². The fraction of sp³-hybridized carbons (Fsp3) is 0.316. The smallest absolute Gasteiger partial charge is 0.270 e. The van der Waals surface area contributed by atoms with E-state index in [1.54, 1.807) is 17.8 Å². The van der Waals surface area contributed by atoms with Crippen molar-refractivity contribution in [2.75, 3.05) is 37.5 Å². The maximum absolute atomic E-state index is 13.7. The highest BCUT2D eigenvalue weighted by Gasteiger charge is 2.30. The molecule has 9 nitrogen and oxygen atoms in total. The number of nitro benzene ring substituents is 1. The molecule has 2 aromatic carbocycles. The number of nitrogens with one attached hydrogen (secondary N) is 1. The van der Waals surface area contributed by atoms with Crippen molar-refractivity contribution in [1.29, 1.82) is 0 Å². The third-order valence-electron chi connectivity index (χ3n) is 4.92. The summed E-state index contributed by atoms with van der Waals surface area (Å²) in [5.74, 6) is 0.359. The minimum atomic E-state index is -4.02. The maximum atomic E-state index is 13.7. The zero-order valence-corrected chi connectivity index (χ0v) is 17.9. The second-order valence-corrected chi connectivity index (χ2v) is 9.91. The summed E-state index contributed by atoms with van der Waals surface area (Å²) in [6, 6.07) is 8.02. The molecule has 12 heteroatoms. The number of benzene rings is 2. The number of anilines is 1. The van der Waals surface area contributed by atoms with Crippen molar-refractivity contribution < 1.29 is 22.5 Å². The molecule has 1 fully saturated rings. The first kappa shape index (κ1) is 21.7. The van der Waals surface area contributed by atoms with Crippen molar-refractivity contribution in [1.82, 2.24) is 4.31 Å². The van der Waals surface area contributed by atoms with Crippen LogP contribution in [0.5, 0.6) is 0 Å². The number of fused-ring (bicyclic) bond motifs is 1. The molecule has 4 rings (SSSR count). The first-order valence-electron chi connectivity index (χ1n) is 9.48. The Morgan fingerprint density at radius 1 is 1.19 bits per heavy atom. The second kappa shape index (κ2) is 8.91. The van der Waals surface area contributed by atoms with Gasteiger partial charge in [0.15, 0.2) is 0 Å². The molecule has 0 spiro atoms. The Morgan fingerprint density at radius 3 is 2.71 bits per heavy atom. The lowest BCUT2D eigenvalue weighted by molar-refractivity contribution is -0.385. The number of morpholine rings is 1. The van der Waals surface area contributed by atoms with E-state index >= 15 is 0 Å². The average Bonchev–Trinajstić information content (AvgIpc) is 2.78. The molecule has 0 bridgehead atoms. The summed E-state index contributed by atoms with van der Waals surface area (Å²) in [6.07, 6.45) is 0.562. The molecule has 2 aromatic rings. The molecule has 164 valence electrons. The van der Waals surface area contributed by atoms with E-state index in [0.29, 0.717) is 17.7 Å². The van der Waals surface area contributed by atoms with Crippen LogP contribution in [0.1, 0.15) is 12.0 Å². The third kappa shape index (κ3) is 4.56. The molecular formula is C19H19FN4O5S2. The van der Waals surface area contributed by atoms with Gasteiger partial charge in [0.1, 0.15) is 10.7 Å². The van der Waals surface area contributed by atoms with Crippen LogP contribution in [0.4, 0.5) is 15.8 Å². The van der Waals surface area contributed by atoms with Gasteiger partial charge in [-0.05, 0) is 24.3 Å². The summed E-state index contributed by atoms with van der Waals surface area (Å²) >= 11 is 1.59. The van der Waals surface area contributed by atoms with Crippen LogP contribution in [0.3, 0.4) is 0 Å². The Bertz CT molecular complexity index is 1150. The van der Waals surface area contributed by atoms with Crippen LogP contribution in [0.2, 0.25) is 0 Å². The summed E-state index contributed by atoms with van der Waals surface area (Å²) in [6.45, 7) is 0.810. The van der Waals surface area contributed by atoms with Crippen LogP contribution in [-0.2, 0) is 14.8 Å². The highest BCUT2D eigenvalue weighted by Crippen LogP contribution is 2.32. The number of hydrogen-bond donors (Lipinski definition) is 1. The third-order valence-corrected chi connectivity index (χ3v) is 7.94. The van der Waals surface area contributed by atoms with E-state index in [-0.39, 0.29) is 48.4 Å². The number of non-ortho nitro benzene ring substituents is 1. The number of nitrogens with zero attached hydrogens (tertiary/aromatic N) is 3. The van der Waals surface area contributed by atoms with E-state index in [4.69, 9.17) is 4.74 Å². The fourth-order valence-corrected chi connectivity index (χ4v) is 5.93. The van der Waals surface area contributed by atoms with Crippen molar-refractivity contribution in [2.24, 2.45) is 5.10 Å². The molecule has 31 heavy (non-hydrogen) atoms. The minimum absolute atomic E-state index is 0.112. The van der Waals surface area contributed by atoms with E-state index in [1.807, 2.05) is 0 Å². The fourth-order valence-electron chi connectivity index (χ4n) is 3.35. The quantitative estimate of drug-likeness (QED) is 0.532. The van der Waals surface area contributed by atoms with Gasteiger partial charge in [-0.25, -0.2) is 12.8 Å². The number of halogens is 1. The number of sulfonamides is 1. The highest BCUT2D eigenvalue weighted by molar-refractivity contribution is 7.99. The van der Waals surface area contributed by atoms with Crippen LogP contribution in [-0.4, -0.2) is 55.4 Å². The first-order chi connectivity index (χ1) is 14.9. The molecule has 0 unspecified atom stereocenters. The highest BCUT2D eigenvalue weighted by atomic mass is 32.2. The predicted molar refractivity (Wildman–Crippen MR) is 115 cm³/mol. The number of nitro groups is 1. The van der Waals surface area contributed by atoms with Gasteiger partial charge in [-0.2, -0.15) is 9.41 Å². The molecular weight excluding hydrogens is 447 g/mol. The van der Waals surface area contributed by atoms with Gasteiger partial charge in [0.25, 0.3) is 5.69 Å². The molecule has 0 amide bonds. The topological polar surface area (TPSA) is 114 Å². The van der Waals surface area contributed by atoms with Gasteiger partial charge in [-0.3, -0.25) is 15.5 Å². The summed E-state index contributed by atoms with van der Waals surface area (Å²) in [5.41, 5.74) is 3.75. The van der Waals surface area contributed by atoms with Crippen molar-refractivity contribution in [3.63, 3.8) is 0 Å². The Morgan fingerprint density at radius 2 is 1.97 bits per heavy atom. The molecule has 0 atom stereocenters. The van der Waals surface area contributed by atoms with E-state index in [9.17, 15) is 22.9 Å². The van der Waals surface area contributed by atoms with Gasteiger partial charge in [0, 0.05) is 47.9 Å². The van der Waals surface area contributed by atoms with Gasteiger partial charge >= 0.3 is 0 Å². The number of hydrazone groups is 1. The molecule has 0 aliphatic carbocycles. The van der Waals surface area contributed by atoms with Crippen LogP contribution in [0.15, 0.2) is 51.3 Å². The van der Waals surface area contributed by atoms with E-state index in [0.717, 1.165) is 16.7 Å². The van der Waals surface area contributed by atoms with Crippen molar-refractivity contribution in [2.45, 2.75) is 16.2 Å².